The smallest absolute Gasteiger partial charge is 0.312 e. The number of ether oxygens (including phenoxy) is 1. The van der Waals surface area contributed by atoms with Crippen LogP contribution in [0.3, 0.4) is 0 Å². The highest BCUT2D eigenvalue weighted by Crippen LogP contribution is 2.30. The number of halogens is 1. The zero-order valence-electron chi connectivity index (χ0n) is 11.2. The van der Waals surface area contributed by atoms with Gasteiger partial charge in [0.2, 0.25) is 0 Å². The Morgan fingerprint density at radius 3 is 2.76 bits per heavy atom. The van der Waals surface area contributed by atoms with E-state index in [1.165, 1.54) is 31.4 Å². The van der Waals surface area contributed by atoms with Crippen LogP contribution in [0.4, 0.5) is 15.8 Å². The second kappa shape index (κ2) is 6.08. The lowest BCUT2D eigenvalue weighted by atomic mass is 10.2. The maximum atomic E-state index is 13.1. The quantitative estimate of drug-likeness (QED) is 0.653. The van der Waals surface area contributed by atoms with E-state index in [4.69, 9.17) is 4.74 Å². The van der Waals surface area contributed by atoms with Crippen molar-refractivity contribution in [1.29, 1.82) is 0 Å². The van der Waals surface area contributed by atoms with Gasteiger partial charge in [0.15, 0.2) is 5.75 Å². The number of hydrogen-bond acceptors (Lipinski definition) is 5. The van der Waals surface area contributed by atoms with Crippen LogP contribution < -0.4 is 10.1 Å². The second-order valence-electron chi connectivity index (χ2n) is 4.27. The fraction of sp³-hybridized carbons (Fsp3) is 0.143. The number of methoxy groups -OCH3 is 1. The summed E-state index contributed by atoms with van der Waals surface area (Å²) in [5.41, 5.74) is 0.644. The van der Waals surface area contributed by atoms with Crippen molar-refractivity contribution in [2.24, 2.45) is 0 Å². The zero-order chi connectivity index (χ0) is 15.4. The van der Waals surface area contributed by atoms with Crippen LogP contribution in [0.25, 0.3) is 0 Å². The summed E-state index contributed by atoms with van der Waals surface area (Å²) >= 11 is 0. The van der Waals surface area contributed by atoms with E-state index in [0.29, 0.717) is 11.3 Å². The van der Waals surface area contributed by atoms with Gasteiger partial charge in [-0.15, -0.1) is 0 Å². The molecule has 2 aromatic rings. The third kappa shape index (κ3) is 3.38. The number of nitro groups is 1. The normalized spacial score (nSPS) is 10.2. The van der Waals surface area contributed by atoms with E-state index >= 15 is 0 Å². The molecule has 0 saturated heterocycles. The van der Waals surface area contributed by atoms with E-state index in [9.17, 15) is 19.6 Å². The molecule has 0 aromatic heterocycles. The van der Waals surface area contributed by atoms with Gasteiger partial charge < -0.3 is 15.2 Å². The van der Waals surface area contributed by atoms with Gasteiger partial charge in [-0.2, -0.15) is 0 Å². The van der Waals surface area contributed by atoms with Crippen LogP contribution in [-0.4, -0.2) is 17.1 Å². The third-order valence-corrected chi connectivity index (χ3v) is 2.90. The maximum absolute atomic E-state index is 13.1. The third-order valence-electron chi connectivity index (χ3n) is 2.90. The van der Waals surface area contributed by atoms with E-state index in [2.05, 4.69) is 5.32 Å². The summed E-state index contributed by atoms with van der Waals surface area (Å²) in [6.45, 7) is 0.132. The van der Waals surface area contributed by atoms with Crippen LogP contribution in [0.1, 0.15) is 5.56 Å². The van der Waals surface area contributed by atoms with Gasteiger partial charge in [0, 0.05) is 23.9 Å². The lowest BCUT2D eigenvalue weighted by Crippen LogP contribution is -2.01. The van der Waals surface area contributed by atoms with Crippen LogP contribution >= 0.6 is 0 Å². The number of anilines is 1. The van der Waals surface area contributed by atoms with E-state index in [-0.39, 0.29) is 23.7 Å². The number of phenols is 1. The Morgan fingerprint density at radius 2 is 2.10 bits per heavy atom. The van der Waals surface area contributed by atoms with Crippen molar-refractivity contribution in [2.75, 3.05) is 12.4 Å². The molecule has 0 atom stereocenters. The summed E-state index contributed by atoms with van der Waals surface area (Å²) in [7, 11) is 1.35. The average Bonchev–Trinajstić information content (AvgIpc) is 2.47. The van der Waals surface area contributed by atoms with Gasteiger partial charge in [0.1, 0.15) is 11.6 Å². The molecule has 0 fully saturated rings. The number of hydrogen-bond donors (Lipinski definition) is 2. The molecule has 2 aromatic carbocycles. The Kier molecular flexibility index (Phi) is 4.22. The van der Waals surface area contributed by atoms with Crippen molar-refractivity contribution in [3.05, 3.63) is 57.9 Å². The van der Waals surface area contributed by atoms with Crippen LogP contribution in [0.2, 0.25) is 0 Å². The molecule has 7 heteroatoms. The lowest BCUT2D eigenvalue weighted by Gasteiger charge is -2.09. The van der Waals surface area contributed by atoms with Gasteiger partial charge in [0.25, 0.3) is 0 Å². The van der Waals surface area contributed by atoms with Crippen LogP contribution in [0, 0.1) is 15.9 Å². The number of phenolic OH excluding ortho intramolecular Hbond substituents is 1. The predicted molar refractivity (Wildman–Crippen MR) is 75.0 cm³/mol. The molecule has 2 rings (SSSR count). The number of aromatic hydroxyl groups is 1. The summed E-state index contributed by atoms with van der Waals surface area (Å²) in [5, 5.41) is 23.4. The first-order chi connectivity index (χ1) is 10.0. The summed E-state index contributed by atoms with van der Waals surface area (Å²) in [5.74, 6) is -0.364. The van der Waals surface area contributed by atoms with Crippen LogP contribution in [0.15, 0.2) is 36.4 Å². The lowest BCUT2D eigenvalue weighted by molar-refractivity contribution is -0.385. The van der Waals surface area contributed by atoms with Crippen molar-refractivity contribution in [1.82, 2.24) is 0 Å². The van der Waals surface area contributed by atoms with Crippen LogP contribution in [0.5, 0.6) is 11.5 Å². The molecule has 0 heterocycles. The highest BCUT2D eigenvalue weighted by molar-refractivity contribution is 5.58. The fourth-order valence-electron chi connectivity index (χ4n) is 1.84. The molecule has 0 aliphatic rings. The van der Waals surface area contributed by atoms with Gasteiger partial charge >= 0.3 is 5.69 Å². The predicted octanol–water partition coefficient (Wildman–Crippen LogP) is 3.06. The number of benzene rings is 2. The zero-order valence-corrected chi connectivity index (χ0v) is 11.2. The molecule has 0 bridgehead atoms. The van der Waals surface area contributed by atoms with Crippen molar-refractivity contribution in [2.45, 2.75) is 6.54 Å². The van der Waals surface area contributed by atoms with Crippen molar-refractivity contribution in [3.63, 3.8) is 0 Å². The molecule has 0 saturated carbocycles. The monoisotopic (exact) mass is 292 g/mol. The standard InChI is InChI=1S/C14H13FN2O4/c1-21-14-5-3-11(7-12(14)17(19)20)16-8-9-6-10(15)2-4-13(9)18/h2-7,16,18H,8H2,1H3. The Labute approximate surface area is 119 Å². The number of nitrogens with zero attached hydrogens (tertiary/aromatic N) is 1. The average molecular weight is 292 g/mol. The van der Waals surface area contributed by atoms with Gasteiger partial charge in [-0.1, -0.05) is 0 Å². The highest BCUT2D eigenvalue weighted by atomic mass is 19.1. The fourth-order valence-corrected chi connectivity index (χ4v) is 1.84. The summed E-state index contributed by atoms with van der Waals surface area (Å²) < 4.78 is 18.0. The van der Waals surface area contributed by atoms with Crippen molar-refractivity contribution in [3.8, 4) is 11.5 Å². The molecule has 110 valence electrons. The Morgan fingerprint density at radius 1 is 1.33 bits per heavy atom. The summed E-state index contributed by atoms with van der Waals surface area (Å²) in [6, 6.07) is 7.98. The van der Waals surface area contributed by atoms with Gasteiger partial charge in [-0.05, 0) is 30.3 Å². The van der Waals surface area contributed by atoms with E-state index < -0.39 is 10.7 Å². The summed E-state index contributed by atoms with van der Waals surface area (Å²) in [6.07, 6.45) is 0. The van der Waals surface area contributed by atoms with E-state index in [1.807, 2.05) is 0 Å². The topological polar surface area (TPSA) is 84.6 Å². The highest BCUT2D eigenvalue weighted by Gasteiger charge is 2.15. The van der Waals surface area contributed by atoms with Crippen molar-refractivity contribution < 1.29 is 19.2 Å². The molecular weight excluding hydrogens is 279 g/mol. The van der Waals surface area contributed by atoms with Gasteiger partial charge in [0.05, 0.1) is 12.0 Å². The first-order valence-electron chi connectivity index (χ1n) is 6.05. The minimum absolute atomic E-state index is 0.0492. The Balaban J connectivity index is 2.18. The van der Waals surface area contributed by atoms with Gasteiger partial charge in [-0.25, -0.2) is 4.39 Å². The molecule has 6 nitrogen and oxygen atoms in total. The van der Waals surface area contributed by atoms with E-state index in [1.54, 1.807) is 6.07 Å². The number of nitro benzene ring substituents is 1. The first-order valence-corrected chi connectivity index (χ1v) is 6.05. The number of rotatable bonds is 5. The second-order valence-corrected chi connectivity index (χ2v) is 4.27. The molecule has 0 aliphatic carbocycles. The molecule has 0 aliphatic heterocycles. The molecule has 0 radical (unpaired) electrons. The molecular formula is C14H13FN2O4. The molecule has 21 heavy (non-hydrogen) atoms. The molecule has 2 N–H and O–H groups in total. The van der Waals surface area contributed by atoms with E-state index in [0.717, 1.165) is 6.07 Å². The van der Waals surface area contributed by atoms with Crippen LogP contribution in [-0.2, 0) is 6.54 Å². The van der Waals surface area contributed by atoms with Gasteiger partial charge in [-0.3, -0.25) is 10.1 Å². The molecule has 0 unspecified atom stereocenters. The van der Waals surface area contributed by atoms with Crippen molar-refractivity contribution >= 4 is 11.4 Å². The largest absolute Gasteiger partial charge is 0.508 e. The Bertz CT molecular complexity index is 676. The maximum Gasteiger partial charge on any atom is 0.312 e. The molecule has 0 spiro atoms. The minimum Gasteiger partial charge on any atom is -0.508 e. The molecule has 0 amide bonds. The first kappa shape index (κ1) is 14.6. The SMILES string of the molecule is COc1ccc(NCc2cc(F)ccc2O)cc1[N+](=O)[O-]. The summed E-state index contributed by atoms with van der Waals surface area (Å²) in [4.78, 5) is 10.4. The number of nitrogens with one attached hydrogen (secondary N) is 1. The minimum atomic E-state index is -0.552. The Hall–Kier alpha value is -2.83.